The largest absolute Gasteiger partial charge is 2.00 e. The average Bonchev–Trinajstić information content (AvgIpc) is 3.53. The van der Waals surface area contributed by atoms with E-state index in [-0.39, 0.29) is 80.6 Å². The minimum absolute atomic E-state index is 0. The Labute approximate surface area is 338 Å². The summed E-state index contributed by atoms with van der Waals surface area (Å²) in [6.45, 7) is 8.00. The van der Waals surface area contributed by atoms with Crippen LogP contribution >= 0.6 is 0 Å². The Morgan fingerprint density at radius 3 is 0.615 bits per heavy atom. The SMILES string of the molecule is CC.CC.CN1C(=O)c2ccccc2C1=O.CN1C(=O)c2ccccc2C1=O.[CH3-].[CH3-].[W+2].[W].c1ccc2ccccc2c1.c1ccc2ccccc2c1. The van der Waals surface area contributed by atoms with Crippen molar-refractivity contribution in [1.29, 1.82) is 0 Å². The molecule has 52 heavy (non-hydrogen) atoms. The van der Waals surface area contributed by atoms with Crippen LogP contribution in [-0.2, 0) is 42.1 Å². The molecule has 0 N–H and O–H groups in total. The molecular weight excluding hydrogens is 988 g/mol. The molecule has 270 valence electrons. The van der Waals surface area contributed by atoms with Crippen LogP contribution < -0.4 is 0 Å². The molecule has 0 unspecified atom stereocenters. The smallest absolute Gasteiger partial charge is 0.358 e. The number of hydrogen-bond acceptors (Lipinski definition) is 4. The van der Waals surface area contributed by atoms with E-state index in [0.717, 1.165) is 9.80 Å². The molecule has 0 spiro atoms. The van der Waals surface area contributed by atoms with Crippen LogP contribution in [0.15, 0.2) is 146 Å². The normalized spacial score (nSPS) is 11.1. The fourth-order valence-corrected chi connectivity index (χ4v) is 4.89. The minimum atomic E-state index is -0.212. The van der Waals surface area contributed by atoms with Crippen LogP contribution in [0.4, 0.5) is 0 Å². The number of fused-ring (bicyclic) bond motifs is 4. The summed E-state index contributed by atoms with van der Waals surface area (Å²) in [6, 6.07) is 47.1. The molecule has 0 bridgehead atoms. The van der Waals surface area contributed by atoms with Crippen LogP contribution in [0.5, 0.6) is 0 Å². The molecule has 0 aliphatic carbocycles. The number of hydrogen-bond donors (Lipinski definition) is 0. The Hall–Kier alpha value is -4.50. The van der Waals surface area contributed by atoms with Crippen LogP contribution in [0.25, 0.3) is 21.5 Å². The molecular formula is C44H48N2O4W2. The summed E-state index contributed by atoms with van der Waals surface area (Å²) >= 11 is 0. The first-order valence-corrected chi connectivity index (χ1v) is 16.1. The van der Waals surface area contributed by atoms with Gasteiger partial charge in [-0.05, 0) is 45.8 Å². The van der Waals surface area contributed by atoms with Gasteiger partial charge in [-0.15, -0.1) is 0 Å². The maximum atomic E-state index is 11.3. The van der Waals surface area contributed by atoms with Crippen molar-refractivity contribution in [1.82, 2.24) is 9.80 Å². The van der Waals surface area contributed by atoms with Crippen molar-refractivity contribution >= 4 is 45.2 Å². The third kappa shape index (κ3) is 12.3. The maximum Gasteiger partial charge on any atom is 2.00 e. The summed E-state index contributed by atoms with van der Waals surface area (Å²) in [4.78, 5) is 47.5. The number of carbonyl (C=O) groups is 4. The topological polar surface area (TPSA) is 74.8 Å². The minimum Gasteiger partial charge on any atom is -0.358 e. The molecule has 0 atom stereocenters. The van der Waals surface area contributed by atoms with Crippen molar-refractivity contribution < 1.29 is 61.3 Å². The molecule has 6 aromatic carbocycles. The first kappa shape index (κ1) is 49.6. The second-order valence-corrected chi connectivity index (χ2v) is 10.1. The van der Waals surface area contributed by atoms with Gasteiger partial charge in [0.1, 0.15) is 0 Å². The molecule has 0 radical (unpaired) electrons. The second kappa shape index (κ2) is 25.4. The zero-order valence-electron chi connectivity index (χ0n) is 31.2. The van der Waals surface area contributed by atoms with Crippen molar-refractivity contribution in [3.05, 3.63) is 183 Å². The van der Waals surface area contributed by atoms with Crippen LogP contribution in [0.2, 0.25) is 0 Å². The van der Waals surface area contributed by atoms with Gasteiger partial charge in [-0.1, -0.05) is 149 Å². The van der Waals surface area contributed by atoms with Crippen molar-refractivity contribution in [2.24, 2.45) is 0 Å². The third-order valence-electron chi connectivity index (χ3n) is 7.31. The summed E-state index contributed by atoms with van der Waals surface area (Å²) < 4.78 is 0. The number of carbonyl (C=O) groups excluding carboxylic acids is 4. The van der Waals surface area contributed by atoms with Gasteiger partial charge in [0.2, 0.25) is 0 Å². The second-order valence-electron chi connectivity index (χ2n) is 10.1. The van der Waals surface area contributed by atoms with Crippen molar-refractivity contribution in [2.45, 2.75) is 27.7 Å². The van der Waals surface area contributed by atoms with E-state index in [1.165, 1.54) is 35.6 Å². The molecule has 0 fully saturated rings. The zero-order chi connectivity index (χ0) is 35.1. The van der Waals surface area contributed by atoms with E-state index in [4.69, 9.17) is 0 Å². The number of benzene rings is 6. The van der Waals surface area contributed by atoms with E-state index < -0.39 is 0 Å². The monoisotopic (exact) mass is 1040 g/mol. The number of rotatable bonds is 0. The fourth-order valence-electron chi connectivity index (χ4n) is 4.89. The van der Waals surface area contributed by atoms with Crippen LogP contribution in [0.3, 0.4) is 0 Å². The molecule has 2 heterocycles. The van der Waals surface area contributed by atoms with Gasteiger partial charge in [-0.2, -0.15) is 0 Å². The molecule has 8 heteroatoms. The van der Waals surface area contributed by atoms with E-state index in [1.54, 1.807) is 48.5 Å². The van der Waals surface area contributed by atoms with Gasteiger partial charge in [0, 0.05) is 35.2 Å². The summed E-state index contributed by atoms with van der Waals surface area (Å²) in [7, 11) is 2.98. The van der Waals surface area contributed by atoms with E-state index in [2.05, 4.69) is 97.1 Å². The third-order valence-corrected chi connectivity index (χ3v) is 7.31. The van der Waals surface area contributed by atoms with Gasteiger partial charge in [0.15, 0.2) is 0 Å². The first-order valence-electron chi connectivity index (χ1n) is 16.1. The van der Waals surface area contributed by atoms with Crippen molar-refractivity contribution in [3.63, 3.8) is 0 Å². The quantitative estimate of drug-likeness (QED) is 0.112. The molecule has 2 aliphatic rings. The van der Waals surface area contributed by atoms with E-state index >= 15 is 0 Å². The Morgan fingerprint density at radius 1 is 0.327 bits per heavy atom. The van der Waals surface area contributed by atoms with Gasteiger partial charge < -0.3 is 14.9 Å². The molecule has 0 saturated carbocycles. The van der Waals surface area contributed by atoms with E-state index in [9.17, 15) is 19.2 Å². The van der Waals surface area contributed by atoms with Gasteiger partial charge in [-0.3, -0.25) is 29.0 Å². The van der Waals surface area contributed by atoms with Gasteiger partial charge in [-0.25, -0.2) is 0 Å². The first-order chi connectivity index (χ1) is 23.4. The van der Waals surface area contributed by atoms with Crippen molar-refractivity contribution in [2.75, 3.05) is 14.1 Å². The Morgan fingerprint density at radius 2 is 0.462 bits per heavy atom. The Bertz CT molecular complexity index is 1670. The summed E-state index contributed by atoms with van der Waals surface area (Å²) in [5.41, 5.74) is 2.02. The van der Waals surface area contributed by atoms with Gasteiger partial charge in [0.25, 0.3) is 23.6 Å². The molecule has 2 aliphatic heterocycles. The van der Waals surface area contributed by atoms with Crippen LogP contribution in [0, 0.1) is 14.9 Å². The molecule has 6 aromatic rings. The Kier molecular flexibility index (Phi) is 24.3. The molecule has 0 aromatic heterocycles. The van der Waals surface area contributed by atoms with Crippen molar-refractivity contribution in [3.8, 4) is 0 Å². The fraction of sp³-hybridized carbons (Fsp3) is 0.136. The predicted molar refractivity (Wildman–Crippen MR) is 209 cm³/mol. The number of nitrogens with zero attached hydrogens (tertiary/aromatic N) is 2. The predicted octanol–water partition coefficient (Wildman–Crippen LogP) is 10.5. The summed E-state index contributed by atoms with van der Waals surface area (Å²) in [5, 5.41) is 5.24. The molecule has 8 rings (SSSR count). The van der Waals surface area contributed by atoms with E-state index in [1.807, 2.05) is 27.7 Å². The standard InChI is InChI=1S/2C10H8.2C9H7NO2.2C2H6.2CH3.2W/c2*1-2-6-10-8-4-3-7-9(10)5-1;2*1-10-8(11)6-4-2-3-5-7(6)9(10)12;2*1-2;;;;/h2*1-8H;2*2-5H,1H3;2*1-2H3;2*1H3;;/q;;;;;;2*-1;;+2. The maximum absolute atomic E-state index is 11.3. The van der Waals surface area contributed by atoms with Gasteiger partial charge in [0.05, 0.1) is 22.3 Å². The Balaban J connectivity index is 0. The summed E-state index contributed by atoms with van der Waals surface area (Å²) in [5.74, 6) is -0.850. The number of amides is 4. The zero-order valence-corrected chi connectivity index (χ0v) is 37.1. The van der Waals surface area contributed by atoms with Crippen LogP contribution in [0.1, 0.15) is 69.1 Å². The average molecular weight is 1040 g/mol. The molecule has 0 saturated heterocycles. The van der Waals surface area contributed by atoms with Crippen LogP contribution in [-0.4, -0.2) is 47.5 Å². The number of imide groups is 2. The van der Waals surface area contributed by atoms with E-state index in [0.29, 0.717) is 22.3 Å². The molecule has 4 amide bonds. The molecule has 6 nitrogen and oxygen atoms in total. The van der Waals surface area contributed by atoms with Gasteiger partial charge >= 0.3 is 21.1 Å². The summed E-state index contributed by atoms with van der Waals surface area (Å²) in [6.07, 6.45) is 0.